The SMILES string of the molecule is CC1CCCC(CCNc2nc(NN)cn3ccnc23)C1. The van der Waals surface area contributed by atoms with Crippen LogP contribution in [0.25, 0.3) is 5.65 Å². The highest BCUT2D eigenvalue weighted by Crippen LogP contribution is 2.30. The Balaban J connectivity index is 1.63. The zero-order valence-corrected chi connectivity index (χ0v) is 12.5. The molecule has 0 amide bonds. The van der Waals surface area contributed by atoms with Crippen LogP contribution in [0.2, 0.25) is 0 Å². The molecule has 6 nitrogen and oxygen atoms in total. The van der Waals surface area contributed by atoms with E-state index in [-0.39, 0.29) is 0 Å². The monoisotopic (exact) mass is 288 g/mol. The lowest BCUT2D eigenvalue weighted by molar-refractivity contribution is 0.274. The molecule has 2 aromatic heterocycles. The molecule has 2 aromatic rings. The third-order valence-electron chi connectivity index (χ3n) is 4.41. The van der Waals surface area contributed by atoms with Gasteiger partial charge in [-0.3, -0.25) is 0 Å². The fourth-order valence-electron chi connectivity index (χ4n) is 3.34. The molecule has 0 saturated heterocycles. The van der Waals surface area contributed by atoms with Crippen molar-refractivity contribution in [2.45, 2.75) is 39.0 Å². The highest BCUT2D eigenvalue weighted by atomic mass is 15.3. The topological polar surface area (TPSA) is 80.3 Å². The maximum atomic E-state index is 5.47. The summed E-state index contributed by atoms with van der Waals surface area (Å²) in [5.41, 5.74) is 3.43. The fraction of sp³-hybridized carbons (Fsp3) is 0.600. The minimum absolute atomic E-state index is 0.634. The van der Waals surface area contributed by atoms with Crippen LogP contribution < -0.4 is 16.6 Å². The van der Waals surface area contributed by atoms with E-state index in [9.17, 15) is 0 Å². The standard InChI is InChI=1S/C15H24N6/c1-11-3-2-4-12(9-11)5-6-17-14-15-18-7-8-21(15)10-13(19-14)20-16/h7-8,10-12,20H,2-6,9,16H2,1H3,(H,17,19). The molecule has 4 N–H and O–H groups in total. The highest BCUT2D eigenvalue weighted by molar-refractivity contribution is 5.65. The summed E-state index contributed by atoms with van der Waals surface area (Å²) in [4.78, 5) is 8.80. The largest absolute Gasteiger partial charge is 0.367 e. The molecular formula is C15H24N6. The van der Waals surface area contributed by atoms with E-state index in [1.54, 1.807) is 6.20 Å². The molecule has 2 atom stereocenters. The van der Waals surface area contributed by atoms with Crippen LogP contribution in [-0.2, 0) is 0 Å². The summed E-state index contributed by atoms with van der Waals surface area (Å²) in [5.74, 6) is 8.61. The summed E-state index contributed by atoms with van der Waals surface area (Å²) in [5, 5.41) is 3.42. The van der Waals surface area contributed by atoms with Crippen LogP contribution >= 0.6 is 0 Å². The van der Waals surface area contributed by atoms with E-state index in [1.165, 1.54) is 32.1 Å². The highest BCUT2D eigenvalue weighted by Gasteiger charge is 2.18. The van der Waals surface area contributed by atoms with Crippen LogP contribution in [0.1, 0.15) is 39.0 Å². The predicted octanol–water partition coefficient (Wildman–Crippen LogP) is 2.64. The van der Waals surface area contributed by atoms with Gasteiger partial charge in [0.15, 0.2) is 17.3 Å². The Labute approximate surface area is 125 Å². The predicted molar refractivity (Wildman–Crippen MR) is 85.0 cm³/mol. The summed E-state index contributed by atoms with van der Waals surface area (Å²) in [7, 11) is 0. The van der Waals surface area contributed by atoms with Gasteiger partial charge in [-0.1, -0.05) is 26.2 Å². The molecule has 2 heterocycles. The Morgan fingerprint density at radius 1 is 1.43 bits per heavy atom. The summed E-state index contributed by atoms with van der Waals surface area (Å²) in [6, 6.07) is 0. The molecule has 0 radical (unpaired) electrons. The number of fused-ring (bicyclic) bond motifs is 1. The van der Waals surface area contributed by atoms with E-state index in [0.717, 1.165) is 29.8 Å². The lowest BCUT2D eigenvalue weighted by atomic mass is 9.81. The van der Waals surface area contributed by atoms with E-state index in [1.807, 2.05) is 16.8 Å². The Morgan fingerprint density at radius 2 is 2.33 bits per heavy atom. The van der Waals surface area contributed by atoms with Gasteiger partial charge in [0, 0.05) is 18.9 Å². The third kappa shape index (κ3) is 3.26. The van der Waals surface area contributed by atoms with Crippen LogP contribution in [0.15, 0.2) is 18.6 Å². The second-order valence-corrected chi connectivity index (χ2v) is 6.13. The number of hydrogen-bond acceptors (Lipinski definition) is 5. The number of hydrazine groups is 1. The molecule has 1 aliphatic rings. The molecule has 1 aliphatic carbocycles. The zero-order valence-electron chi connectivity index (χ0n) is 12.5. The number of nitrogen functional groups attached to an aromatic ring is 1. The third-order valence-corrected chi connectivity index (χ3v) is 4.41. The summed E-state index contributed by atoms with van der Waals surface area (Å²) in [6.07, 6.45) is 12.2. The van der Waals surface area contributed by atoms with Gasteiger partial charge in [0.1, 0.15) is 0 Å². The van der Waals surface area contributed by atoms with Gasteiger partial charge in [0.2, 0.25) is 0 Å². The van der Waals surface area contributed by atoms with Crippen molar-refractivity contribution in [3.8, 4) is 0 Å². The van der Waals surface area contributed by atoms with Crippen molar-refractivity contribution in [1.82, 2.24) is 14.4 Å². The lowest BCUT2D eigenvalue weighted by Crippen LogP contribution is -2.17. The first kappa shape index (κ1) is 14.1. The average Bonchev–Trinajstić information content (AvgIpc) is 2.95. The minimum atomic E-state index is 0.634. The number of aromatic nitrogens is 3. The molecule has 0 spiro atoms. The van der Waals surface area contributed by atoms with Gasteiger partial charge in [-0.15, -0.1) is 0 Å². The maximum Gasteiger partial charge on any atom is 0.180 e. The Hall–Kier alpha value is -1.82. The average molecular weight is 288 g/mol. The second-order valence-electron chi connectivity index (χ2n) is 6.13. The normalized spacial score (nSPS) is 22.4. The number of imidazole rings is 1. The molecule has 1 saturated carbocycles. The molecule has 114 valence electrons. The fourth-order valence-corrected chi connectivity index (χ4v) is 3.34. The Kier molecular flexibility index (Phi) is 4.24. The van der Waals surface area contributed by atoms with Gasteiger partial charge in [-0.05, 0) is 24.7 Å². The molecule has 6 heteroatoms. The van der Waals surface area contributed by atoms with Crippen molar-refractivity contribution < 1.29 is 0 Å². The second kappa shape index (κ2) is 6.30. The molecule has 0 bridgehead atoms. The summed E-state index contributed by atoms with van der Waals surface area (Å²) in [6.45, 7) is 3.30. The number of hydrogen-bond donors (Lipinski definition) is 3. The van der Waals surface area contributed by atoms with Crippen molar-refractivity contribution in [2.75, 3.05) is 17.3 Å². The number of nitrogens with one attached hydrogen (secondary N) is 2. The van der Waals surface area contributed by atoms with Crippen LogP contribution in [0.5, 0.6) is 0 Å². The number of nitrogens with two attached hydrogens (primary N) is 1. The van der Waals surface area contributed by atoms with Gasteiger partial charge < -0.3 is 15.1 Å². The van der Waals surface area contributed by atoms with Gasteiger partial charge >= 0.3 is 0 Å². The van der Waals surface area contributed by atoms with E-state index in [0.29, 0.717) is 5.82 Å². The van der Waals surface area contributed by atoms with E-state index < -0.39 is 0 Å². The summed E-state index contributed by atoms with van der Waals surface area (Å²) >= 11 is 0. The molecule has 1 fully saturated rings. The summed E-state index contributed by atoms with van der Waals surface area (Å²) < 4.78 is 1.92. The van der Waals surface area contributed by atoms with Gasteiger partial charge in [-0.2, -0.15) is 0 Å². The maximum absolute atomic E-state index is 5.47. The van der Waals surface area contributed by atoms with Crippen LogP contribution in [0.3, 0.4) is 0 Å². The zero-order chi connectivity index (χ0) is 14.7. The van der Waals surface area contributed by atoms with Crippen LogP contribution in [0, 0.1) is 11.8 Å². The van der Waals surface area contributed by atoms with Crippen molar-refractivity contribution in [3.63, 3.8) is 0 Å². The van der Waals surface area contributed by atoms with Crippen molar-refractivity contribution in [2.24, 2.45) is 17.7 Å². The number of nitrogens with zero attached hydrogens (tertiary/aromatic N) is 3. The molecular weight excluding hydrogens is 264 g/mol. The van der Waals surface area contributed by atoms with Crippen LogP contribution in [-0.4, -0.2) is 20.9 Å². The molecule has 21 heavy (non-hydrogen) atoms. The first-order valence-electron chi connectivity index (χ1n) is 7.80. The molecule has 2 unspecified atom stereocenters. The molecule has 0 aliphatic heterocycles. The van der Waals surface area contributed by atoms with Crippen molar-refractivity contribution >= 4 is 17.3 Å². The van der Waals surface area contributed by atoms with Gasteiger partial charge in [-0.25, -0.2) is 15.8 Å². The first-order chi connectivity index (χ1) is 10.3. The Bertz CT molecular complexity index is 593. The number of anilines is 2. The smallest absolute Gasteiger partial charge is 0.180 e. The van der Waals surface area contributed by atoms with E-state index in [2.05, 4.69) is 27.6 Å². The molecule has 0 aromatic carbocycles. The van der Waals surface area contributed by atoms with Crippen molar-refractivity contribution in [3.05, 3.63) is 18.6 Å². The Morgan fingerprint density at radius 3 is 3.14 bits per heavy atom. The van der Waals surface area contributed by atoms with Gasteiger partial charge in [0.25, 0.3) is 0 Å². The first-order valence-corrected chi connectivity index (χ1v) is 7.80. The van der Waals surface area contributed by atoms with Crippen molar-refractivity contribution in [1.29, 1.82) is 0 Å². The van der Waals surface area contributed by atoms with Crippen LogP contribution in [0.4, 0.5) is 11.6 Å². The van der Waals surface area contributed by atoms with Gasteiger partial charge in [0.05, 0.1) is 6.20 Å². The quantitative estimate of drug-likeness (QED) is 0.582. The van der Waals surface area contributed by atoms with E-state index >= 15 is 0 Å². The molecule has 3 rings (SSSR count). The minimum Gasteiger partial charge on any atom is -0.367 e. The number of rotatable bonds is 5. The van der Waals surface area contributed by atoms with E-state index in [4.69, 9.17) is 5.84 Å². The lowest BCUT2D eigenvalue weighted by Gasteiger charge is -2.26.